The first-order valence-corrected chi connectivity index (χ1v) is 10.3. The molecule has 6 heteroatoms. The maximum atomic E-state index is 13.5. The van der Waals surface area contributed by atoms with Gasteiger partial charge in [0.1, 0.15) is 17.5 Å². The summed E-state index contributed by atoms with van der Waals surface area (Å²) in [5.74, 6) is -0.802. The standard InChI is InChI=1S/C26H23NO5/c1-15(2)27(25(29)18-8-5-16(3)6-9-18)22-12-20-19-11-17(14-28)7-10-23(19)32-24(20)13-21(22)26(30)31-4/h5-15H,1-4H3. The number of methoxy groups -OCH3 is 1. The molecule has 0 unspecified atom stereocenters. The van der Waals surface area contributed by atoms with Gasteiger partial charge in [0.05, 0.1) is 18.4 Å². The highest BCUT2D eigenvalue weighted by atomic mass is 16.5. The Kier molecular flexibility index (Phi) is 5.53. The number of hydrogen-bond donors (Lipinski definition) is 0. The SMILES string of the molecule is COC(=O)c1cc2oc3ccc(C=O)cc3c2cc1N(C(=O)c1ccc(C)cc1)C(C)C. The van der Waals surface area contributed by atoms with E-state index in [0.717, 1.165) is 17.2 Å². The van der Waals surface area contributed by atoms with Crippen LogP contribution in [-0.4, -0.2) is 31.3 Å². The van der Waals surface area contributed by atoms with E-state index in [9.17, 15) is 14.4 Å². The molecule has 0 spiro atoms. The van der Waals surface area contributed by atoms with Crippen molar-refractivity contribution >= 4 is 45.8 Å². The van der Waals surface area contributed by atoms with Crippen molar-refractivity contribution in [1.29, 1.82) is 0 Å². The number of rotatable bonds is 5. The Morgan fingerprint density at radius 2 is 1.66 bits per heavy atom. The Morgan fingerprint density at radius 3 is 2.28 bits per heavy atom. The maximum absolute atomic E-state index is 13.5. The van der Waals surface area contributed by atoms with Gasteiger partial charge in [-0.25, -0.2) is 4.79 Å². The first kappa shape index (κ1) is 21.3. The minimum atomic E-state index is -0.571. The van der Waals surface area contributed by atoms with Gasteiger partial charge in [0.25, 0.3) is 5.91 Å². The summed E-state index contributed by atoms with van der Waals surface area (Å²) in [7, 11) is 1.30. The number of benzene rings is 3. The van der Waals surface area contributed by atoms with Crippen LogP contribution < -0.4 is 4.90 Å². The summed E-state index contributed by atoms with van der Waals surface area (Å²) in [5.41, 5.74) is 3.77. The third kappa shape index (κ3) is 3.64. The highest BCUT2D eigenvalue weighted by molar-refractivity contribution is 6.15. The van der Waals surface area contributed by atoms with Crippen LogP contribution in [0.5, 0.6) is 0 Å². The van der Waals surface area contributed by atoms with Gasteiger partial charge in [-0.3, -0.25) is 9.59 Å². The van der Waals surface area contributed by atoms with Crippen molar-refractivity contribution in [2.24, 2.45) is 0 Å². The zero-order valence-corrected chi connectivity index (χ0v) is 18.3. The summed E-state index contributed by atoms with van der Waals surface area (Å²) in [5, 5.41) is 1.43. The maximum Gasteiger partial charge on any atom is 0.340 e. The molecule has 0 aliphatic rings. The van der Waals surface area contributed by atoms with Gasteiger partial charge in [0.15, 0.2) is 0 Å². The Bertz CT molecular complexity index is 1350. The van der Waals surface area contributed by atoms with Gasteiger partial charge in [-0.05, 0) is 63.2 Å². The van der Waals surface area contributed by atoms with Gasteiger partial charge >= 0.3 is 5.97 Å². The molecule has 4 rings (SSSR count). The molecular weight excluding hydrogens is 406 g/mol. The third-order valence-corrected chi connectivity index (χ3v) is 5.45. The van der Waals surface area contributed by atoms with Crippen LogP contribution in [0.4, 0.5) is 5.69 Å². The lowest BCUT2D eigenvalue weighted by atomic mass is 10.0. The first-order valence-electron chi connectivity index (χ1n) is 10.3. The number of fused-ring (bicyclic) bond motifs is 3. The zero-order chi connectivity index (χ0) is 23.0. The van der Waals surface area contributed by atoms with E-state index in [1.807, 2.05) is 32.9 Å². The smallest absolute Gasteiger partial charge is 0.340 e. The molecule has 0 bridgehead atoms. The first-order chi connectivity index (χ1) is 15.3. The largest absolute Gasteiger partial charge is 0.465 e. The second-order valence-corrected chi connectivity index (χ2v) is 7.97. The number of carbonyl (C=O) groups is 3. The van der Waals surface area contributed by atoms with E-state index in [0.29, 0.717) is 33.4 Å². The van der Waals surface area contributed by atoms with Crippen molar-refractivity contribution < 1.29 is 23.5 Å². The molecule has 0 saturated carbocycles. The zero-order valence-electron chi connectivity index (χ0n) is 18.3. The molecule has 0 fully saturated rings. The monoisotopic (exact) mass is 429 g/mol. The van der Waals surface area contributed by atoms with Crippen molar-refractivity contribution in [3.63, 3.8) is 0 Å². The Morgan fingerprint density at radius 1 is 0.969 bits per heavy atom. The lowest BCUT2D eigenvalue weighted by Crippen LogP contribution is -2.38. The number of aryl methyl sites for hydroxylation is 1. The summed E-state index contributed by atoms with van der Waals surface area (Å²) in [6.07, 6.45) is 0.767. The molecule has 6 nitrogen and oxygen atoms in total. The Balaban J connectivity index is 1.98. The fourth-order valence-corrected chi connectivity index (χ4v) is 3.83. The summed E-state index contributed by atoms with van der Waals surface area (Å²) >= 11 is 0. The molecule has 0 aliphatic heterocycles. The average Bonchev–Trinajstić information content (AvgIpc) is 3.15. The fourth-order valence-electron chi connectivity index (χ4n) is 3.83. The normalized spacial score (nSPS) is 11.2. The number of aldehydes is 1. The quantitative estimate of drug-likeness (QED) is 0.307. The molecule has 0 aliphatic carbocycles. The minimum Gasteiger partial charge on any atom is -0.465 e. The molecule has 0 N–H and O–H groups in total. The molecule has 0 radical (unpaired) electrons. The average molecular weight is 429 g/mol. The lowest BCUT2D eigenvalue weighted by Gasteiger charge is -2.28. The Hall–Kier alpha value is -3.93. The van der Waals surface area contributed by atoms with Crippen molar-refractivity contribution in [1.82, 2.24) is 0 Å². The number of amides is 1. The van der Waals surface area contributed by atoms with E-state index in [1.54, 1.807) is 47.4 Å². The van der Waals surface area contributed by atoms with Gasteiger partial charge in [0.2, 0.25) is 0 Å². The number of hydrogen-bond acceptors (Lipinski definition) is 5. The van der Waals surface area contributed by atoms with Gasteiger partial charge in [-0.1, -0.05) is 17.7 Å². The predicted molar refractivity (Wildman–Crippen MR) is 124 cm³/mol. The number of furan rings is 1. The van der Waals surface area contributed by atoms with Crippen LogP contribution in [0.1, 0.15) is 50.5 Å². The van der Waals surface area contributed by atoms with Crippen LogP contribution in [0.2, 0.25) is 0 Å². The van der Waals surface area contributed by atoms with Crippen molar-refractivity contribution in [2.75, 3.05) is 12.0 Å². The number of carbonyl (C=O) groups excluding carboxylic acids is 3. The van der Waals surface area contributed by atoms with E-state index in [-0.39, 0.29) is 17.5 Å². The summed E-state index contributed by atoms with van der Waals surface area (Å²) in [6, 6.07) is 15.5. The van der Waals surface area contributed by atoms with Crippen LogP contribution in [0.25, 0.3) is 21.9 Å². The van der Waals surface area contributed by atoms with Gasteiger partial charge in [-0.15, -0.1) is 0 Å². The van der Waals surface area contributed by atoms with Crippen molar-refractivity contribution in [2.45, 2.75) is 26.8 Å². The van der Waals surface area contributed by atoms with Crippen LogP contribution in [-0.2, 0) is 4.74 Å². The van der Waals surface area contributed by atoms with E-state index >= 15 is 0 Å². The second-order valence-electron chi connectivity index (χ2n) is 7.97. The molecule has 4 aromatic rings. The summed E-state index contributed by atoms with van der Waals surface area (Å²) in [4.78, 5) is 39.0. The Labute approximate surface area is 185 Å². The predicted octanol–water partition coefficient (Wildman–Crippen LogP) is 5.55. The van der Waals surface area contributed by atoms with E-state index < -0.39 is 5.97 Å². The molecule has 3 aromatic carbocycles. The topological polar surface area (TPSA) is 76.8 Å². The molecule has 1 aromatic heterocycles. The summed E-state index contributed by atoms with van der Waals surface area (Å²) in [6.45, 7) is 5.72. The highest BCUT2D eigenvalue weighted by Gasteiger charge is 2.27. The molecule has 1 heterocycles. The van der Waals surface area contributed by atoms with Crippen LogP contribution in [0, 0.1) is 6.92 Å². The molecule has 0 atom stereocenters. The van der Waals surface area contributed by atoms with Gasteiger partial charge in [0, 0.05) is 27.9 Å². The third-order valence-electron chi connectivity index (χ3n) is 5.45. The van der Waals surface area contributed by atoms with E-state index in [4.69, 9.17) is 9.15 Å². The molecular formula is C26H23NO5. The molecule has 162 valence electrons. The van der Waals surface area contributed by atoms with E-state index in [1.165, 1.54) is 7.11 Å². The lowest BCUT2D eigenvalue weighted by molar-refractivity contribution is 0.0601. The van der Waals surface area contributed by atoms with Gasteiger partial charge < -0.3 is 14.1 Å². The fraction of sp³-hybridized carbons (Fsp3) is 0.192. The second kappa shape index (κ2) is 8.30. The highest BCUT2D eigenvalue weighted by Crippen LogP contribution is 2.36. The minimum absolute atomic E-state index is 0.226. The van der Waals surface area contributed by atoms with Crippen molar-refractivity contribution in [3.8, 4) is 0 Å². The number of nitrogens with zero attached hydrogens (tertiary/aromatic N) is 1. The number of esters is 1. The van der Waals surface area contributed by atoms with Crippen molar-refractivity contribution in [3.05, 3.63) is 76.9 Å². The summed E-state index contributed by atoms with van der Waals surface area (Å²) < 4.78 is 10.9. The van der Waals surface area contributed by atoms with Crippen LogP contribution in [0.15, 0.2) is 59.0 Å². The van der Waals surface area contributed by atoms with Crippen LogP contribution >= 0.6 is 0 Å². The molecule has 0 saturated heterocycles. The molecule has 1 amide bonds. The molecule has 32 heavy (non-hydrogen) atoms. The van der Waals surface area contributed by atoms with Gasteiger partial charge in [-0.2, -0.15) is 0 Å². The van der Waals surface area contributed by atoms with Crippen LogP contribution in [0.3, 0.4) is 0 Å². The number of ether oxygens (including phenoxy) is 1. The van der Waals surface area contributed by atoms with E-state index in [2.05, 4.69) is 0 Å². The number of anilines is 1.